The van der Waals surface area contributed by atoms with Crippen LogP contribution in [0.2, 0.25) is 0 Å². The maximum Gasteiger partial charge on any atom is 0.330 e. The molecule has 27 heavy (non-hydrogen) atoms. The lowest BCUT2D eigenvalue weighted by molar-refractivity contribution is -0.384. The molecule has 1 unspecified atom stereocenters. The molecule has 1 fully saturated rings. The number of nitrogens with zero attached hydrogens (tertiary/aromatic N) is 3. The van der Waals surface area contributed by atoms with Crippen LogP contribution in [0.1, 0.15) is 26.2 Å². The van der Waals surface area contributed by atoms with Crippen LogP contribution in [0, 0.1) is 10.1 Å². The Bertz CT molecular complexity index is 720. The smallest absolute Gasteiger partial charge is 0.330 e. The Balaban J connectivity index is 2.14. The number of hydrazine groups is 1. The Hall–Kier alpha value is -3.01. The van der Waals surface area contributed by atoms with Gasteiger partial charge in [-0.05, 0) is 31.4 Å². The molecule has 0 aromatic heterocycles. The summed E-state index contributed by atoms with van der Waals surface area (Å²) in [6.45, 7) is 1.42. The summed E-state index contributed by atoms with van der Waals surface area (Å²) in [5.74, 6) is -1.42. The zero-order valence-electron chi connectivity index (χ0n) is 15.1. The van der Waals surface area contributed by atoms with E-state index in [-0.39, 0.29) is 18.0 Å². The van der Waals surface area contributed by atoms with Crippen molar-refractivity contribution in [3.05, 3.63) is 34.4 Å². The average molecular weight is 379 g/mol. The number of rotatable bonds is 6. The number of hydrogen-bond acceptors (Lipinski definition) is 8. The van der Waals surface area contributed by atoms with Gasteiger partial charge < -0.3 is 9.47 Å². The van der Waals surface area contributed by atoms with Gasteiger partial charge in [-0.3, -0.25) is 24.7 Å². The van der Waals surface area contributed by atoms with Gasteiger partial charge >= 0.3 is 11.9 Å². The number of esters is 2. The van der Waals surface area contributed by atoms with E-state index >= 15 is 0 Å². The van der Waals surface area contributed by atoms with Crippen molar-refractivity contribution < 1.29 is 28.8 Å². The standard InChI is InChI=1S/C17H21N3O7/c1-12(21)19(11-16(22)26-2)18-10-4-3-5-15(18)17(23)27-14-8-6-13(7-9-14)20(24)25/h6-9,15H,3-5,10-11H2,1-2H3. The van der Waals surface area contributed by atoms with Crippen molar-refractivity contribution >= 4 is 23.5 Å². The quantitative estimate of drug-likeness (QED) is 0.314. The summed E-state index contributed by atoms with van der Waals surface area (Å²) < 4.78 is 9.94. The number of non-ortho nitro benzene ring substituents is 1. The number of carbonyl (C=O) groups excluding carboxylic acids is 3. The number of carbonyl (C=O) groups is 3. The third-order valence-electron chi connectivity index (χ3n) is 4.19. The van der Waals surface area contributed by atoms with Crippen LogP contribution < -0.4 is 4.74 Å². The zero-order valence-corrected chi connectivity index (χ0v) is 15.1. The van der Waals surface area contributed by atoms with E-state index in [9.17, 15) is 24.5 Å². The molecule has 2 rings (SSSR count). The fourth-order valence-corrected chi connectivity index (χ4v) is 2.83. The van der Waals surface area contributed by atoms with E-state index in [0.717, 1.165) is 12.8 Å². The van der Waals surface area contributed by atoms with Crippen LogP contribution in [0.3, 0.4) is 0 Å². The Kier molecular flexibility index (Phi) is 6.83. The first-order valence-corrected chi connectivity index (χ1v) is 8.41. The molecular weight excluding hydrogens is 358 g/mol. The molecule has 1 atom stereocenters. The summed E-state index contributed by atoms with van der Waals surface area (Å²) in [4.78, 5) is 46.4. The second-order valence-electron chi connectivity index (χ2n) is 6.00. The highest BCUT2D eigenvalue weighted by Gasteiger charge is 2.36. The van der Waals surface area contributed by atoms with Crippen LogP contribution in [-0.4, -0.2) is 59.0 Å². The lowest BCUT2D eigenvalue weighted by Crippen LogP contribution is -2.58. The van der Waals surface area contributed by atoms with Crippen LogP contribution in [0.5, 0.6) is 5.75 Å². The summed E-state index contributed by atoms with van der Waals surface area (Å²) in [6.07, 6.45) is 1.98. The minimum Gasteiger partial charge on any atom is -0.468 e. The second-order valence-corrected chi connectivity index (χ2v) is 6.00. The van der Waals surface area contributed by atoms with Gasteiger partial charge in [0, 0.05) is 25.6 Å². The molecule has 1 aromatic carbocycles. The molecule has 146 valence electrons. The summed E-state index contributed by atoms with van der Waals surface area (Å²) in [6, 6.07) is 4.39. The van der Waals surface area contributed by atoms with Crippen molar-refractivity contribution in [2.75, 3.05) is 20.2 Å². The Labute approximate surface area is 155 Å². The van der Waals surface area contributed by atoms with Gasteiger partial charge in [-0.15, -0.1) is 0 Å². The number of hydrogen-bond donors (Lipinski definition) is 0. The highest BCUT2D eigenvalue weighted by molar-refractivity contribution is 5.82. The second kappa shape index (κ2) is 9.08. The van der Waals surface area contributed by atoms with Crippen molar-refractivity contribution in [2.45, 2.75) is 32.2 Å². The monoisotopic (exact) mass is 379 g/mol. The van der Waals surface area contributed by atoms with Gasteiger partial charge in [0.05, 0.1) is 12.0 Å². The molecule has 1 aliphatic rings. The molecule has 1 saturated heterocycles. The number of piperidine rings is 1. The summed E-state index contributed by atoms with van der Waals surface area (Å²) >= 11 is 0. The third kappa shape index (κ3) is 5.23. The summed E-state index contributed by atoms with van der Waals surface area (Å²) in [7, 11) is 1.22. The highest BCUT2D eigenvalue weighted by atomic mass is 16.6. The maximum absolute atomic E-state index is 12.6. The molecule has 1 heterocycles. The van der Waals surface area contributed by atoms with Gasteiger partial charge in [-0.1, -0.05) is 0 Å². The topological polar surface area (TPSA) is 119 Å². The molecule has 10 nitrogen and oxygen atoms in total. The summed E-state index contributed by atoms with van der Waals surface area (Å²) in [5.41, 5.74) is -0.116. The molecule has 1 amide bonds. The van der Waals surface area contributed by atoms with Gasteiger partial charge in [0.2, 0.25) is 5.91 Å². The van der Waals surface area contributed by atoms with Gasteiger partial charge in [-0.25, -0.2) is 9.80 Å². The largest absolute Gasteiger partial charge is 0.468 e. The first-order valence-electron chi connectivity index (χ1n) is 8.41. The van der Waals surface area contributed by atoms with Gasteiger partial charge in [0.15, 0.2) is 0 Å². The molecule has 0 spiro atoms. The number of methoxy groups -OCH3 is 1. The zero-order chi connectivity index (χ0) is 20.0. The van der Waals surface area contributed by atoms with Crippen LogP contribution in [0.4, 0.5) is 5.69 Å². The fourth-order valence-electron chi connectivity index (χ4n) is 2.83. The van der Waals surface area contributed by atoms with Gasteiger partial charge in [0.25, 0.3) is 5.69 Å². The van der Waals surface area contributed by atoms with Crippen LogP contribution in [0.15, 0.2) is 24.3 Å². The molecule has 10 heteroatoms. The predicted molar refractivity (Wildman–Crippen MR) is 92.5 cm³/mol. The number of amides is 1. The van der Waals surface area contributed by atoms with E-state index in [0.29, 0.717) is 13.0 Å². The first kappa shape index (κ1) is 20.3. The minimum atomic E-state index is -0.748. The Morgan fingerprint density at radius 3 is 2.48 bits per heavy atom. The van der Waals surface area contributed by atoms with E-state index in [2.05, 4.69) is 4.74 Å². The minimum absolute atomic E-state index is 0.116. The van der Waals surface area contributed by atoms with Crippen molar-refractivity contribution in [1.82, 2.24) is 10.0 Å². The molecule has 1 aromatic rings. The predicted octanol–water partition coefficient (Wildman–Crippen LogP) is 1.29. The van der Waals surface area contributed by atoms with E-state index in [1.165, 1.54) is 48.3 Å². The molecular formula is C17H21N3O7. The lowest BCUT2D eigenvalue weighted by atomic mass is 10.0. The van der Waals surface area contributed by atoms with Crippen molar-refractivity contribution in [3.63, 3.8) is 0 Å². The van der Waals surface area contributed by atoms with Gasteiger partial charge in [-0.2, -0.15) is 0 Å². The number of ether oxygens (including phenoxy) is 2. The van der Waals surface area contributed by atoms with Crippen molar-refractivity contribution in [3.8, 4) is 5.75 Å². The van der Waals surface area contributed by atoms with E-state index in [1.54, 1.807) is 0 Å². The highest BCUT2D eigenvalue weighted by Crippen LogP contribution is 2.23. The third-order valence-corrected chi connectivity index (χ3v) is 4.19. The molecule has 0 saturated carbocycles. The van der Waals surface area contributed by atoms with Crippen LogP contribution in [0.25, 0.3) is 0 Å². The Morgan fingerprint density at radius 1 is 1.26 bits per heavy atom. The Morgan fingerprint density at radius 2 is 1.93 bits per heavy atom. The molecule has 0 bridgehead atoms. The number of benzene rings is 1. The van der Waals surface area contributed by atoms with E-state index in [4.69, 9.17) is 4.74 Å². The molecule has 0 radical (unpaired) electrons. The van der Waals surface area contributed by atoms with Crippen molar-refractivity contribution in [2.24, 2.45) is 0 Å². The normalized spacial score (nSPS) is 17.0. The number of nitro groups is 1. The summed E-state index contributed by atoms with van der Waals surface area (Å²) in [5, 5.41) is 13.4. The first-order chi connectivity index (χ1) is 12.8. The molecule has 0 N–H and O–H groups in total. The van der Waals surface area contributed by atoms with Gasteiger partial charge in [0.1, 0.15) is 18.3 Å². The SMILES string of the molecule is COC(=O)CN(C(C)=O)N1CCCCC1C(=O)Oc1ccc([N+](=O)[O-])cc1. The van der Waals surface area contributed by atoms with Crippen LogP contribution >= 0.6 is 0 Å². The molecule has 0 aliphatic carbocycles. The average Bonchev–Trinajstić information content (AvgIpc) is 2.66. The van der Waals surface area contributed by atoms with Crippen molar-refractivity contribution in [1.29, 1.82) is 0 Å². The van der Waals surface area contributed by atoms with Crippen LogP contribution in [-0.2, 0) is 19.1 Å². The molecule has 1 aliphatic heterocycles. The van der Waals surface area contributed by atoms with E-state index in [1.807, 2.05) is 0 Å². The fraction of sp³-hybridized carbons (Fsp3) is 0.471. The lowest BCUT2D eigenvalue weighted by Gasteiger charge is -2.40. The maximum atomic E-state index is 12.6. The van der Waals surface area contributed by atoms with E-state index < -0.39 is 28.8 Å². The number of nitro benzene ring substituents is 1.